The Balaban J connectivity index is 2.47. The van der Waals surface area contributed by atoms with E-state index in [0.29, 0.717) is 6.04 Å². The lowest BCUT2D eigenvalue weighted by Gasteiger charge is -2.26. The SMILES string of the molecule is CCN(c1cccc(SC)c1C(=N)N)C1CC1. The normalized spacial score (nSPS) is 14.7. The topological polar surface area (TPSA) is 53.1 Å². The fourth-order valence-electron chi connectivity index (χ4n) is 2.21. The highest BCUT2D eigenvalue weighted by molar-refractivity contribution is 7.98. The summed E-state index contributed by atoms with van der Waals surface area (Å²) in [4.78, 5) is 3.46. The lowest BCUT2D eigenvalue weighted by Crippen LogP contribution is -2.28. The molecule has 1 aliphatic rings. The summed E-state index contributed by atoms with van der Waals surface area (Å²) in [5.74, 6) is 0.170. The van der Waals surface area contributed by atoms with Gasteiger partial charge in [-0.15, -0.1) is 11.8 Å². The molecule has 4 heteroatoms. The third-order valence-electron chi connectivity index (χ3n) is 3.13. The van der Waals surface area contributed by atoms with Crippen molar-refractivity contribution in [3.8, 4) is 0 Å². The smallest absolute Gasteiger partial charge is 0.126 e. The number of hydrogen-bond acceptors (Lipinski definition) is 3. The number of benzene rings is 1. The van der Waals surface area contributed by atoms with E-state index in [1.807, 2.05) is 12.3 Å². The highest BCUT2D eigenvalue weighted by Gasteiger charge is 2.30. The van der Waals surface area contributed by atoms with Crippen LogP contribution in [0, 0.1) is 5.41 Å². The second-order valence-corrected chi connectivity index (χ2v) is 5.13. The zero-order valence-electron chi connectivity index (χ0n) is 10.4. The van der Waals surface area contributed by atoms with Crippen LogP contribution in [0.25, 0.3) is 0 Å². The van der Waals surface area contributed by atoms with Gasteiger partial charge in [-0.3, -0.25) is 5.41 Å². The van der Waals surface area contributed by atoms with E-state index in [9.17, 15) is 0 Å². The van der Waals surface area contributed by atoms with Crippen molar-refractivity contribution in [2.75, 3.05) is 17.7 Å². The van der Waals surface area contributed by atoms with Gasteiger partial charge in [-0.05, 0) is 38.2 Å². The third kappa shape index (κ3) is 2.41. The number of nitrogens with two attached hydrogens (primary N) is 1. The molecule has 0 atom stereocenters. The molecule has 1 fully saturated rings. The van der Waals surface area contributed by atoms with Crippen molar-refractivity contribution in [1.29, 1.82) is 5.41 Å². The molecule has 1 aliphatic carbocycles. The summed E-state index contributed by atoms with van der Waals surface area (Å²) >= 11 is 1.65. The Hall–Kier alpha value is -1.16. The Labute approximate surface area is 107 Å². The molecule has 0 aromatic heterocycles. The van der Waals surface area contributed by atoms with Crippen LogP contribution in [0.15, 0.2) is 23.1 Å². The van der Waals surface area contributed by atoms with Crippen LogP contribution in [0.1, 0.15) is 25.3 Å². The van der Waals surface area contributed by atoms with Crippen LogP contribution < -0.4 is 10.6 Å². The van der Waals surface area contributed by atoms with Gasteiger partial charge in [-0.1, -0.05) is 6.07 Å². The predicted octanol–water partition coefficient (Wildman–Crippen LogP) is 2.68. The second kappa shape index (κ2) is 5.00. The number of thioether (sulfide) groups is 1. The molecule has 3 N–H and O–H groups in total. The van der Waals surface area contributed by atoms with Crippen molar-refractivity contribution in [1.82, 2.24) is 0 Å². The van der Waals surface area contributed by atoms with Gasteiger partial charge in [0.25, 0.3) is 0 Å². The first-order valence-corrected chi connectivity index (χ1v) is 7.19. The Bertz CT molecular complexity index is 427. The van der Waals surface area contributed by atoms with Crippen molar-refractivity contribution in [3.05, 3.63) is 23.8 Å². The van der Waals surface area contributed by atoms with Crippen molar-refractivity contribution in [2.24, 2.45) is 5.73 Å². The lowest BCUT2D eigenvalue weighted by molar-refractivity contribution is 0.823. The zero-order valence-corrected chi connectivity index (χ0v) is 11.2. The first-order valence-electron chi connectivity index (χ1n) is 5.97. The predicted molar refractivity (Wildman–Crippen MR) is 75.3 cm³/mol. The van der Waals surface area contributed by atoms with Crippen LogP contribution in [-0.2, 0) is 0 Å². The largest absolute Gasteiger partial charge is 0.384 e. The van der Waals surface area contributed by atoms with E-state index in [0.717, 1.165) is 22.7 Å². The van der Waals surface area contributed by atoms with Crippen LogP contribution in [0.3, 0.4) is 0 Å². The summed E-state index contributed by atoms with van der Waals surface area (Å²) in [6.45, 7) is 3.14. The fourth-order valence-corrected chi connectivity index (χ4v) is 2.84. The second-order valence-electron chi connectivity index (χ2n) is 4.29. The molecule has 0 bridgehead atoms. The number of amidine groups is 1. The van der Waals surface area contributed by atoms with Gasteiger partial charge < -0.3 is 10.6 Å². The van der Waals surface area contributed by atoms with Crippen LogP contribution in [0.4, 0.5) is 5.69 Å². The molecule has 0 aliphatic heterocycles. The number of nitrogens with zero attached hydrogens (tertiary/aromatic N) is 1. The fraction of sp³-hybridized carbons (Fsp3) is 0.462. The van der Waals surface area contributed by atoms with Crippen molar-refractivity contribution in [2.45, 2.75) is 30.7 Å². The number of rotatable bonds is 5. The quantitative estimate of drug-likeness (QED) is 0.479. The number of hydrogen-bond donors (Lipinski definition) is 2. The Morgan fingerprint density at radius 1 is 1.53 bits per heavy atom. The molecule has 1 aromatic rings. The maximum absolute atomic E-state index is 7.79. The van der Waals surface area contributed by atoms with Gasteiger partial charge in [0.05, 0.1) is 5.56 Å². The van der Waals surface area contributed by atoms with Gasteiger partial charge in [-0.2, -0.15) is 0 Å². The van der Waals surface area contributed by atoms with Gasteiger partial charge in [0.2, 0.25) is 0 Å². The average molecular weight is 249 g/mol. The van der Waals surface area contributed by atoms with E-state index < -0.39 is 0 Å². The molecule has 0 spiro atoms. The van der Waals surface area contributed by atoms with Crippen molar-refractivity contribution < 1.29 is 0 Å². The van der Waals surface area contributed by atoms with Crippen LogP contribution >= 0.6 is 11.8 Å². The Morgan fingerprint density at radius 2 is 2.24 bits per heavy atom. The van der Waals surface area contributed by atoms with Gasteiger partial charge in [0.1, 0.15) is 5.84 Å². The highest BCUT2D eigenvalue weighted by Crippen LogP contribution is 2.36. The summed E-state index contributed by atoms with van der Waals surface area (Å²) in [5, 5.41) is 7.79. The molecule has 0 saturated heterocycles. The number of anilines is 1. The number of nitrogen functional groups attached to an aromatic ring is 1. The minimum absolute atomic E-state index is 0.170. The molecule has 0 heterocycles. The summed E-state index contributed by atoms with van der Waals surface area (Å²) in [7, 11) is 0. The van der Waals surface area contributed by atoms with Crippen LogP contribution in [-0.4, -0.2) is 24.7 Å². The molecule has 2 rings (SSSR count). The first kappa shape index (κ1) is 12.3. The van der Waals surface area contributed by atoms with E-state index in [2.05, 4.69) is 24.0 Å². The molecule has 0 amide bonds. The van der Waals surface area contributed by atoms with Crippen molar-refractivity contribution in [3.63, 3.8) is 0 Å². The molecule has 3 nitrogen and oxygen atoms in total. The summed E-state index contributed by atoms with van der Waals surface area (Å²) in [5.41, 5.74) is 7.76. The molecular formula is C13H19N3S. The molecular weight excluding hydrogens is 230 g/mol. The molecule has 92 valence electrons. The van der Waals surface area contributed by atoms with Crippen molar-refractivity contribution >= 4 is 23.3 Å². The van der Waals surface area contributed by atoms with Crippen LogP contribution in [0.5, 0.6) is 0 Å². The average Bonchev–Trinajstić information content (AvgIpc) is 3.13. The van der Waals surface area contributed by atoms with E-state index in [-0.39, 0.29) is 5.84 Å². The zero-order chi connectivity index (χ0) is 12.4. The summed E-state index contributed by atoms with van der Waals surface area (Å²) in [6.07, 6.45) is 4.54. The van der Waals surface area contributed by atoms with E-state index in [1.165, 1.54) is 12.8 Å². The van der Waals surface area contributed by atoms with Gasteiger partial charge in [0.15, 0.2) is 0 Å². The Kier molecular flexibility index (Phi) is 3.62. The molecule has 0 unspecified atom stereocenters. The standard InChI is InChI=1S/C13H19N3S/c1-3-16(9-7-8-9)10-5-4-6-11(17-2)12(10)13(14)15/h4-6,9H,3,7-8H2,1-2H3,(H3,14,15). The summed E-state index contributed by atoms with van der Waals surface area (Å²) < 4.78 is 0. The third-order valence-corrected chi connectivity index (χ3v) is 3.91. The maximum atomic E-state index is 7.79. The maximum Gasteiger partial charge on any atom is 0.126 e. The van der Waals surface area contributed by atoms with E-state index >= 15 is 0 Å². The minimum Gasteiger partial charge on any atom is -0.384 e. The van der Waals surface area contributed by atoms with Gasteiger partial charge >= 0.3 is 0 Å². The van der Waals surface area contributed by atoms with Gasteiger partial charge in [0, 0.05) is 23.2 Å². The summed E-state index contributed by atoms with van der Waals surface area (Å²) in [6, 6.07) is 6.82. The van der Waals surface area contributed by atoms with Crippen LogP contribution in [0.2, 0.25) is 0 Å². The van der Waals surface area contributed by atoms with E-state index in [1.54, 1.807) is 11.8 Å². The first-order chi connectivity index (χ1) is 8.19. The molecule has 1 saturated carbocycles. The minimum atomic E-state index is 0.170. The molecule has 0 radical (unpaired) electrons. The molecule has 17 heavy (non-hydrogen) atoms. The molecule has 1 aromatic carbocycles. The number of nitrogens with one attached hydrogen (secondary N) is 1. The monoisotopic (exact) mass is 249 g/mol. The lowest BCUT2D eigenvalue weighted by atomic mass is 10.1. The Morgan fingerprint density at radius 3 is 2.71 bits per heavy atom. The highest BCUT2D eigenvalue weighted by atomic mass is 32.2. The van der Waals surface area contributed by atoms with Gasteiger partial charge in [-0.25, -0.2) is 0 Å². The van der Waals surface area contributed by atoms with E-state index in [4.69, 9.17) is 11.1 Å².